The molecular formula is C16H23N5OS. The van der Waals surface area contributed by atoms with Gasteiger partial charge in [0.15, 0.2) is 5.82 Å². The van der Waals surface area contributed by atoms with E-state index in [9.17, 15) is 4.79 Å². The third-order valence-electron chi connectivity index (χ3n) is 3.33. The minimum Gasteiger partial charge on any atom is -0.353 e. The van der Waals surface area contributed by atoms with Gasteiger partial charge in [0.05, 0.1) is 11.4 Å². The Bertz CT molecular complexity index is 653. The van der Waals surface area contributed by atoms with E-state index in [0.29, 0.717) is 11.6 Å². The number of nitrogens with zero attached hydrogens (tertiary/aromatic N) is 4. The van der Waals surface area contributed by atoms with Crippen molar-refractivity contribution < 1.29 is 4.79 Å². The van der Waals surface area contributed by atoms with Crippen LogP contribution in [0.2, 0.25) is 0 Å². The van der Waals surface area contributed by atoms with Crippen molar-refractivity contribution in [2.45, 2.75) is 51.6 Å². The molecule has 7 heteroatoms. The Balaban J connectivity index is 1.90. The zero-order valence-electron chi connectivity index (χ0n) is 14.0. The Morgan fingerprint density at radius 2 is 2.13 bits per heavy atom. The molecule has 0 saturated heterocycles. The first-order valence-electron chi connectivity index (χ1n) is 7.79. The minimum atomic E-state index is 0.0281. The SMILES string of the molecule is CCC[C@@H](C)NC(=O)CSc1ccc(-n2nc(C)cc2C)nn1. The molecule has 0 aliphatic heterocycles. The molecule has 0 fully saturated rings. The number of aromatic nitrogens is 4. The van der Waals surface area contributed by atoms with Crippen molar-refractivity contribution in [1.29, 1.82) is 0 Å². The van der Waals surface area contributed by atoms with Gasteiger partial charge in [-0.05, 0) is 45.4 Å². The summed E-state index contributed by atoms with van der Waals surface area (Å²) in [7, 11) is 0. The van der Waals surface area contributed by atoms with Gasteiger partial charge >= 0.3 is 0 Å². The van der Waals surface area contributed by atoms with Crippen LogP contribution in [-0.4, -0.2) is 37.7 Å². The van der Waals surface area contributed by atoms with E-state index in [0.717, 1.165) is 29.3 Å². The van der Waals surface area contributed by atoms with E-state index < -0.39 is 0 Å². The van der Waals surface area contributed by atoms with Crippen molar-refractivity contribution in [1.82, 2.24) is 25.3 Å². The third kappa shape index (κ3) is 5.06. The molecule has 6 nitrogen and oxygen atoms in total. The van der Waals surface area contributed by atoms with Gasteiger partial charge < -0.3 is 5.32 Å². The summed E-state index contributed by atoms with van der Waals surface area (Å²) in [5.74, 6) is 1.06. The number of carbonyl (C=O) groups is 1. The molecule has 0 aliphatic carbocycles. The van der Waals surface area contributed by atoms with Gasteiger partial charge in [-0.25, -0.2) is 4.68 Å². The molecule has 0 radical (unpaired) electrons. The first-order chi connectivity index (χ1) is 11.0. The largest absolute Gasteiger partial charge is 0.353 e. The van der Waals surface area contributed by atoms with Gasteiger partial charge in [0.2, 0.25) is 5.91 Å². The van der Waals surface area contributed by atoms with Gasteiger partial charge in [-0.2, -0.15) is 5.10 Å². The van der Waals surface area contributed by atoms with E-state index in [2.05, 4.69) is 27.5 Å². The lowest BCUT2D eigenvalue weighted by molar-refractivity contribution is -0.119. The van der Waals surface area contributed by atoms with E-state index in [4.69, 9.17) is 0 Å². The molecular weight excluding hydrogens is 310 g/mol. The summed E-state index contributed by atoms with van der Waals surface area (Å²) in [5.41, 5.74) is 1.96. The van der Waals surface area contributed by atoms with Crippen LogP contribution >= 0.6 is 11.8 Å². The second kappa shape index (κ2) is 8.10. The maximum atomic E-state index is 11.8. The zero-order chi connectivity index (χ0) is 16.8. The van der Waals surface area contributed by atoms with Crippen LogP contribution in [-0.2, 0) is 4.79 Å². The second-order valence-corrected chi connectivity index (χ2v) is 6.61. The van der Waals surface area contributed by atoms with Crippen molar-refractivity contribution >= 4 is 17.7 Å². The lowest BCUT2D eigenvalue weighted by Gasteiger charge is -2.12. The van der Waals surface area contributed by atoms with Gasteiger partial charge in [-0.15, -0.1) is 10.2 Å². The van der Waals surface area contributed by atoms with E-state index >= 15 is 0 Å². The van der Waals surface area contributed by atoms with E-state index in [-0.39, 0.29) is 11.9 Å². The maximum Gasteiger partial charge on any atom is 0.230 e. The summed E-state index contributed by atoms with van der Waals surface area (Å²) in [5, 5.41) is 16.4. The summed E-state index contributed by atoms with van der Waals surface area (Å²) < 4.78 is 1.76. The van der Waals surface area contributed by atoms with Crippen LogP contribution in [0.5, 0.6) is 0 Å². The van der Waals surface area contributed by atoms with Crippen LogP contribution in [0.25, 0.3) is 5.82 Å². The molecule has 0 bridgehead atoms. The lowest BCUT2D eigenvalue weighted by Crippen LogP contribution is -2.33. The minimum absolute atomic E-state index is 0.0281. The molecule has 2 rings (SSSR count). The Morgan fingerprint density at radius 1 is 1.35 bits per heavy atom. The first-order valence-corrected chi connectivity index (χ1v) is 8.77. The molecule has 2 aromatic rings. The molecule has 0 unspecified atom stereocenters. The van der Waals surface area contributed by atoms with Crippen molar-refractivity contribution in [2.24, 2.45) is 0 Å². The smallest absolute Gasteiger partial charge is 0.230 e. The Labute approximate surface area is 141 Å². The highest BCUT2D eigenvalue weighted by Gasteiger charge is 2.09. The number of amides is 1. The predicted molar refractivity (Wildman–Crippen MR) is 91.9 cm³/mol. The topological polar surface area (TPSA) is 72.7 Å². The Kier molecular flexibility index (Phi) is 6.15. The monoisotopic (exact) mass is 333 g/mol. The fourth-order valence-corrected chi connectivity index (χ4v) is 2.95. The fourth-order valence-electron chi connectivity index (χ4n) is 2.32. The van der Waals surface area contributed by atoms with Crippen molar-refractivity contribution in [2.75, 3.05) is 5.75 Å². The standard InChI is InChI=1S/C16H23N5OS/c1-5-6-11(2)17-15(22)10-23-16-8-7-14(18-19-16)21-13(4)9-12(3)20-21/h7-9,11H,5-6,10H2,1-4H3,(H,17,22)/t11-/m1/s1. The molecule has 1 atom stereocenters. The molecule has 124 valence electrons. The summed E-state index contributed by atoms with van der Waals surface area (Å²) in [4.78, 5) is 11.8. The molecule has 2 aromatic heterocycles. The average molecular weight is 333 g/mol. The molecule has 1 amide bonds. The highest BCUT2D eigenvalue weighted by atomic mass is 32.2. The zero-order valence-corrected chi connectivity index (χ0v) is 14.9. The molecule has 0 saturated carbocycles. The normalized spacial score (nSPS) is 12.2. The van der Waals surface area contributed by atoms with Crippen molar-refractivity contribution in [3.63, 3.8) is 0 Å². The van der Waals surface area contributed by atoms with Gasteiger partial charge in [-0.1, -0.05) is 25.1 Å². The van der Waals surface area contributed by atoms with Gasteiger partial charge in [0, 0.05) is 11.7 Å². The van der Waals surface area contributed by atoms with E-state index in [1.807, 2.05) is 39.0 Å². The van der Waals surface area contributed by atoms with Gasteiger partial charge in [0.1, 0.15) is 5.03 Å². The first kappa shape index (κ1) is 17.5. The molecule has 0 aromatic carbocycles. The highest BCUT2D eigenvalue weighted by molar-refractivity contribution is 7.99. The lowest BCUT2D eigenvalue weighted by atomic mass is 10.2. The van der Waals surface area contributed by atoms with Crippen LogP contribution in [0.15, 0.2) is 23.2 Å². The van der Waals surface area contributed by atoms with Gasteiger partial charge in [0.25, 0.3) is 0 Å². The second-order valence-electron chi connectivity index (χ2n) is 5.61. The third-order valence-corrected chi connectivity index (χ3v) is 4.25. The summed E-state index contributed by atoms with van der Waals surface area (Å²) in [6, 6.07) is 5.94. The Hall–Kier alpha value is -1.89. The molecule has 0 spiro atoms. The van der Waals surface area contributed by atoms with E-state index in [1.165, 1.54) is 11.8 Å². The molecule has 0 aliphatic rings. The fraction of sp³-hybridized carbons (Fsp3) is 0.500. The van der Waals surface area contributed by atoms with E-state index in [1.54, 1.807) is 4.68 Å². The van der Waals surface area contributed by atoms with Gasteiger partial charge in [-0.3, -0.25) is 4.79 Å². The number of aryl methyl sites for hydroxylation is 2. The number of carbonyl (C=O) groups excluding carboxylic acids is 1. The quantitative estimate of drug-likeness (QED) is 0.789. The predicted octanol–water partition coefficient (Wildman–Crippen LogP) is 2.68. The number of nitrogens with one attached hydrogen (secondary N) is 1. The average Bonchev–Trinajstić information content (AvgIpc) is 2.84. The molecule has 2 heterocycles. The van der Waals surface area contributed by atoms with Crippen LogP contribution in [0.1, 0.15) is 38.1 Å². The summed E-state index contributed by atoms with van der Waals surface area (Å²) in [6.45, 7) is 8.05. The van der Waals surface area contributed by atoms with Crippen molar-refractivity contribution in [3.05, 3.63) is 29.6 Å². The number of rotatable bonds is 7. The number of hydrogen-bond acceptors (Lipinski definition) is 5. The maximum absolute atomic E-state index is 11.8. The highest BCUT2D eigenvalue weighted by Crippen LogP contribution is 2.16. The van der Waals surface area contributed by atoms with Crippen LogP contribution in [0.3, 0.4) is 0 Å². The summed E-state index contributed by atoms with van der Waals surface area (Å²) >= 11 is 1.39. The molecule has 1 N–H and O–H groups in total. The van der Waals surface area contributed by atoms with Crippen LogP contribution in [0.4, 0.5) is 0 Å². The number of thioether (sulfide) groups is 1. The molecule has 23 heavy (non-hydrogen) atoms. The van der Waals surface area contributed by atoms with Crippen LogP contribution in [0, 0.1) is 13.8 Å². The Morgan fingerprint density at radius 3 is 2.70 bits per heavy atom. The van der Waals surface area contributed by atoms with Crippen molar-refractivity contribution in [3.8, 4) is 5.82 Å². The summed E-state index contributed by atoms with van der Waals surface area (Å²) in [6.07, 6.45) is 2.06. The van der Waals surface area contributed by atoms with Crippen LogP contribution < -0.4 is 5.32 Å². The number of hydrogen-bond donors (Lipinski definition) is 1.